The van der Waals surface area contributed by atoms with Crippen LogP contribution in [0.2, 0.25) is 0 Å². The number of carboxylic acids is 1. The van der Waals surface area contributed by atoms with Crippen LogP contribution in [-0.2, 0) is 21.0 Å². The summed E-state index contributed by atoms with van der Waals surface area (Å²) in [7, 11) is -4.33. The van der Waals surface area contributed by atoms with E-state index in [0.29, 0.717) is 11.6 Å². The van der Waals surface area contributed by atoms with Gasteiger partial charge in [-0.2, -0.15) is 13.2 Å². The fourth-order valence-corrected chi connectivity index (χ4v) is 4.32. The molecular weight excluding hydrogens is 359 g/mol. The van der Waals surface area contributed by atoms with Gasteiger partial charge < -0.3 is 5.11 Å². The molecule has 0 aromatic heterocycles. The maximum atomic E-state index is 12.9. The third-order valence-corrected chi connectivity index (χ3v) is 5.75. The first kappa shape index (κ1) is 17.3. The van der Waals surface area contributed by atoms with Crippen LogP contribution in [0, 0.1) is 0 Å². The Hall–Kier alpha value is -2.55. The minimum Gasteiger partial charge on any atom is -0.481 e. The number of benzene rings is 2. The molecule has 3 rings (SSSR count). The number of para-hydroxylation sites is 1. The van der Waals surface area contributed by atoms with E-state index in [9.17, 15) is 31.5 Å². The topological polar surface area (TPSA) is 74.7 Å². The smallest absolute Gasteiger partial charge is 0.416 e. The summed E-state index contributed by atoms with van der Waals surface area (Å²) in [6, 6.07) is 9.43. The number of hydrogen-bond donors (Lipinski definition) is 1. The maximum Gasteiger partial charge on any atom is 0.416 e. The number of nitrogens with zero attached hydrogens (tertiary/aromatic N) is 1. The van der Waals surface area contributed by atoms with Gasteiger partial charge >= 0.3 is 12.1 Å². The largest absolute Gasteiger partial charge is 0.481 e. The van der Waals surface area contributed by atoms with Gasteiger partial charge in [0, 0.05) is 0 Å². The van der Waals surface area contributed by atoms with E-state index in [1.807, 2.05) is 0 Å². The predicted molar refractivity (Wildman–Crippen MR) is 82.8 cm³/mol. The van der Waals surface area contributed by atoms with Gasteiger partial charge in [0.05, 0.1) is 22.7 Å². The van der Waals surface area contributed by atoms with Gasteiger partial charge in [-0.15, -0.1) is 0 Å². The molecule has 2 aromatic rings. The summed E-state index contributed by atoms with van der Waals surface area (Å²) >= 11 is 0. The molecule has 0 radical (unpaired) electrons. The zero-order chi connectivity index (χ0) is 18.4. The number of carboxylic acid groups (broad SMARTS) is 1. The van der Waals surface area contributed by atoms with Gasteiger partial charge in [0.2, 0.25) is 0 Å². The lowest BCUT2D eigenvalue weighted by Gasteiger charge is -2.20. The molecule has 0 amide bonds. The highest BCUT2D eigenvalue weighted by Gasteiger charge is 2.40. The third-order valence-electron chi connectivity index (χ3n) is 3.98. The summed E-state index contributed by atoms with van der Waals surface area (Å²) in [5.41, 5.74) is -0.617. The van der Waals surface area contributed by atoms with Crippen LogP contribution < -0.4 is 4.31 Å². The molecule has 1 atom stereocenters. The monoisotopic (exact) mass is 371 g/mol. The zero-order valence-corrected chi connectivity index (χ0v) is 13.4. The van der Waals surface area contributed by atoms with Gasteiger partial charge in [0.25, 0.3) is 10.0 Å². The first-order chi connectivity index (χ1) is 11.6. The highest BCUT2D eigenvalue weighted by Crippen LogP contribution is 2.40. The third kappa shape index (κ3) is 2.95. The number of halogens is 3. The molecule has 0 spiro atoms. The lowest BCUT2D eigenvalue weighted by atomic mass is 10.0. The summed E-state index contributed by atoms with van der Waals surface area (Å²) in [5.74, 6) is -2.27. The lowest BCUT2D eigenvalue weighted by Crippen LogP contribution is -2.31. The molecule has 2 aromatic carbocycles. The number of alkyl halides is 3. The van der Waals surface area contributed by atoms with E-state index in [2.05, 4.69) is 0 Å². The van der Waals surface area contributed by atoms with Crippen LogP contribution in [0.1, 0.15) is 17.0 Å². The number of hydrogen-bond acceptors (Lipinski definition) is 3. The molecule has 0 bridgehead atoms. The van der Waals surface area contributed by atoms with Gasteiger partial charge in [-0.3, -0.25) is 9.10 Å². The lowest BCUT2D eigenvalue weighted by molar-refractivity contribution is -0.139. The fraction of sp³-hybridized carbons (Fsp3) is 0.188. The van der Waals surface area contributed by atoms with Crippen LogP contribution in [0.15, 0.2) is 53.4 Å². The summed E-state index contributed by atoms with van der Waals surface area (Å²) in [6.07, 6.45) is -4.68. The van der Waals surface area contributed by atoms with Crippen molar-refractivity contribution in [3.63, 3.8) is 0 Å². The Morgan fingerprint density at radius 3 is 2.44 bits per heavy atom. The van der Waals surface area contributed by atoms with E-state index < -0.39 is 38.5 Å². The second kappa shape index (κ2) is 5.76. The highest BCUT2D eigenvalue weighted by molar-refractivity contribution is 7.92. The van der Waals surface area contributed by atoms with Crippen LogP contribution in [0.5, 0.6) is 0 Å². The van der Waals surface area contributed by atoms with E-state index in [0.717, 1.165) is 22.5 Å². The summed E-state index contributed by atoms with van der Waals surface area (Å²) in [5, 5.41) is 9.29. The van der Waals surface area contributed by atoms with Gasteiger partial charge in [-0.25, -0.2) is 8.42 Å². The quantitative estimate of drug-likeness (QED) is 0.900. The highest BCUT2D eigenvalue weighted by atomic mass is 32.2. The molecule has 25 heavy (non-hydrogen) atoms. The Morgan fingerprint density at radius 1 is 1.12 bits per heavy atom. The van der Waals surface area contributed by atoms with Crippen LogP contribution in [0.4, 0.5) is 18.9 Å². The molecule has 1 aliphatic rings. The van der Waals surface area contributed by atoms with E-state index in [1.54, 1.807) is 6.07 Å². The Bertz CT molecular complexity index is 940. The SMILES string of the molecule is O=C(O)C1CN(S(=O)(=O)c2cccc(C(F)(F)F)c2)c2ccccc21. The molecule has 0 saturated carbocycles. The van der Waals surface area contributed by atoms with Crippen molar-refractivity contribution in [1.82, 2.24) is 0 Å². The first-order valence-electron chi connectivity index (χ1n) is 7.14. The minimum absolute atomic E-state index is 0.160. The Kier molecular flexibility index (Phi) is 3.98. The zero-order valence-electron chi connectivity index (χ0n) is 12.6. The second-order valence-corrected chi connectivity index (χ2v) is 7.37. The van der Waals surface area contributed by atoms with E-state index >= 15 is 0 Å². The van der Waals surface area contributed by atoms with Gasteiger partial charge in [-0.1, -0.05) is 24.3 Å². The standard InChI is InChI=1S/C16H12F3NO4S/c17-16(18,19)10-4-3-5-11(8-10)25(23,24)20-9-13(15(21)22)12-6-1-2-7-14(12)20/h1-8,13H,9H2,(H,21,22). The molecule has 9 heteroatoms. The average molecular weight is 371 g/mol. The Morgan fingerprint density at radius 2 is 1.80 bits per heavy atom. The van der Waals surface area contributed by atoms with Crippen molar-refractivity contribution < 1.29 is 31.5 Å². The van der Waals surface area contributed by atoms with Gasteiger partial charge in [0.1, 0.15) is 5.92 Å². The molecule has 0 saturated heterocycles. The number of anilines is 1. The first-order valence-corrected chi connectivity index (χ1v) is 8.58. The van der Waals surface area contributed by atoms with Crippen LogP contribution in [0.3, 0.4) is 0 Å². The van der Waals surface area contributed by atoms with Gasteiger partial charge in [-0.05, 0) is 29.8 Å². The number of carbonyl (C=O) groups is 1. The Labute approximate surface area is 141 Å². The van der Waals surface area contributed by atoms with E-state index in [4.69, 9.17) is 0 Å². The number of sulfonamides is 1. The Balaban J connectivity index is 2.09. The van der Waals surface area contributed by atoms with Crippen molar-refractivity contribution in [3.8, 4) is 0 Å². The van der Waals surface area contributed by atoms with Crippen molar-refractivity contribution in [1.29, 1.82) is 0 Å². The molecule has 1 aliphatic heterocycles. The number of fused-ring (bicyclic) bond motifs is 1. The predicted octanol–water partition coefficient (Wildman–Crippen LogP) is 3.08. The summed E-state index contributed by atoms with van der Waals surface area (Å²) < 4.78 is 65.0. The van der Waals surface area contributed by atoms with Crippen LogP contribution in [-0.4, -0.2) is 26.0 Å². The molecule has 1 unspecified atom stereocenters. The summed E-state index contributed by atoms with van der Waals surface area (Å²) in [4.78, 5) is 10.8. The summed E-state index contributed by atoms with van der Waals surface area (Å²) in [6.45, 7) is -0.368. The fourth-order valence-electron chi connectivity index (χ4n) is 2.77. The molecule has 1 heterocycles. The molecule has 0 aliphatic carbocycles. The molecule has 0 fully saturated rings. The van der Waals surface area contributed by atoms with Crippen molar-refractivity contribution in [2.75, 3.05) is 10.8 Å². The molecular formula is C16H12F3NO4S. The molecule has 5 nitrogen and oxygen atoms in total. The minimum atomic E-state index is -4.68. The number of aliphatic carboxylic acids is 1. The van der Waals surface area contributed by atoms with Crippen LogP contribution in [0.25, 0.3) is 0 Å². The average Bonchev–Trinajstić information content (AvgIpc) is 2.95. The van der Waals surface area contributed by atoms with E-state index in [-0.39, 0.29) is 12.2 Å². The second-order valence-electron chi connectivity index (χ2n) is 5.51. The molecule has 1 N–H and O–H groups in total. The van der Waals surface area contributed by atoms with Crippen LogP contribution >= 0.6 is 0 Å². The van der Waals surface area contributed by atoms with Crippen molar-refractivity contribution in [2.45, 2.75) is 17.0 Å². The van der Waals surface area contributed by atoms with Gasteiger partial charge in [0.15, 0.2) is 0 Å². The van der Waals surface area contributed by atoms with Crippen molar-refractivity contribution in [3.05, 3.63) is 59.7 Å². The molecule has 132 valence electrons. The van der Waals surface area contributed by atoms with E-state index in [1.165, 1.54) is 18.2 Å². The van der Waals surface area contributed by atoms with Crippen molar-refractivity contribution in [2.24, 2.45) is 0 Å². The normalized spacial score (nSPS) is 17.4. The number of rotatable bonds is 3. The maximum absolute atomic E-state index is 12.9. The van der Waals surface area contributed by atoms with Crippen molar-refractivity contribution >= 4 is 21.7 Å².